The van der Waals surface area contributed by atoms with Crippen LogP contribution >= 0.6 is 0 Å². The predicted molar refractivity (Wildman–Crippen MR) is 77.8 cm³/mol. The summed E-state index contributed by atoms with van der Waals surface area (Å²) in [7, 11) is 0. The van der Waals surface area contributed by atoms with Crippen LogP contribution in [0.15, 0.2) is 0 Å². The van der Waals surface area contributed by atoms with Gasteiger partial charge >= 0.3 is 5.97 Å². The van der Waals surface area contributed by atoms with Crippen LogP contribution in [0.2, 0.25) is 0 Å². The number of H-pyrrole nitrogens is 1. The topological polar surface area (TPSA) is 101 Å². The number of tetrazole rings is 1. The number of aromatic amines is 1. The van der Waals surface area contributed by atoms with Gasteiger partial charge in [-0.1, -0.05) is 19.1 Å². The van der Waals surface area contributed by atoms with Crippen LogP contribution in [-0.4, -0.2) is 56.6 Å². The van der Waals surface area contributed by atoms with Crippen LogP contribution in [0.5, 0.6) is 0 Å². The lowest BCUT2D eigenvalue weighted by Gasteiger charge is -2.34. The van der Waals surface area contributed by atoms with Gasteiger partial charge in [-0.05, 0) is 32.6 Å². The number of carbonyl (C=O) groups is 2. The SMILES string of the molecule is CCOC(=O)[C@H]1CCCN1C(=O)C(CC)(CC)c1nn[nH]n1. The number of amides is 1. The fourth-order valence-electron chi connectivity index (χ4n) is 3.10. The van der Waals surface area contributed by atoms with Crippen molar-refractivity contribution in [3.8, 4) is 0 Å². The minimum Gasteiger partial charge on any atom is -0.464 e. The van der Waals surface area contributed by atoms with E-state index in [2.05, 4.69) is 20.6 Å². The average Bonchev–Trinajstić information content (AvgIpc) is 3.21. The Morgan fingerprint density at radius 1 is 1.36 bits per heavy atom. The van der Waals surface area contributed by atoms with Gasteiger partial charge in [0.15, 0.2) is 5.82 Å². The summed E-state index contributed by atoms with van der Waals surface area (Å²) in [6, 6.07) is -0.503. The van der Waals surface area contributed by atoms with Crippen molar-refractivity contribution in [2.45, 2.75) is 57.9 Å². The maximum Gasteiger partial charge on any atom is 0.328 e. The molecule has 0 saturated carbocycles. The molecule has 1 aliphatic rings. The molecule has 22 heavy (non-hydrogen) atoms. The van der Waals surface area contributed by atoms with E-state index < -0.39 is 11.5 Å². The van der Waals surface area contributed by atoms with Crippen molar-refractivity contribution in [3.05, 3.63) is 5.82 Å². The Morgan fingerprint density at radius 3 is 2.64 bits per heavy atom. The lowest BCUT2D eigenvalue weighted by atomic mass is 9.80. The fraction of sp³-hybridized carbons (Fsp3) is 0.786. The second-order valence-electron chi connectivity index (χ2n) is 5.43. The highest BCUT2D eigenvalue weighted by molar-refractivity contribution is 5.91. The van der Waals surface area contributed by atoms with Crippen LogP contribution in [0.25, 0.3) is 0 Å². The molecule has 8 heteroatoms. The van der Waals surface area contributed by atoms with E-state index in [1.54, 1.807) is 11.8 Å². The Bertz CT molecular complexity index is 513. The molecule has 1 saturated heterocycles. The van der Waals surface area contributed by atoms with Crippen LogP contribution in [0, 0.1) is 0 Å². The average molecular weight is 309 g/mol. The van der Waals surface area contributed by atoms with E-state index in [9.17, 15) is 9.59 Å². The molecule has 8 nitrogen and oxygen atoms in total. The zero-order valence-electron chi connectivity index (χ0n) is 13.3. The number of likely N-dealkylation sites (tertiary alicyclic amines) is 1. The first-order valence-corrected chi connectivity index (χ1v) is 7.82. The van der Waals surface area contributed by atoms with E-state index in [0.29, 0.717) is 38.2 Å². The number of ether oxygens (including phenoxy) is 1. The maximum absolute atomic E-state index is 13.1. The van der Waals surface area contributed by atoms with Gasteiger partial charge in [0.1, 0.15) is 11.5 Å². The minimum atomic E-state index is -0.845. The number of carbonyl (C=O) groups excluding carboxylic acids is 2. The third kappa shape index (κ3) is 2.69. The van der Waals surface area contributed by atoms with Crippen molar-refractivity contribution in [2.24, 2.45) is 0 Å². The number of hydrogen-bond acceptors (Lipinski definition) is 6. The second-order valence-corrected chi connectivity index (χ2v) is 5.43. The normalized spacial score (nSPS) is 18.5. The molecule has 2 rings (SSSR count). The molecule has 1 atom stereocenters. The molecule has 1 aromatic rings. The fourth-order valence-corrected chi connectivity index (χ4v) is 3.10. The van der Waals surface area contributed by atoms with Crippen molar-refractivity contribution in [1.82, 2.24) is 25.5 Å². The third-order valence-corrected chi connectivity index (χ3v) is 4.46. The van der Waals surface area contributed by atoms with Gasteiger partial charge in [0.25, 0.3) is 0 Å². The molecule has 0 unspecified atom stereocenters. The number of aromatic nitrogens is 4. The van der Waals surface area contributed by atoms with Crippen molar-refractivity contribution >= 4 is 11.9 Å². The molecule has 0 bridgehead atoms. The lowest BCUT2D eigenvalue weighted by Crippen LogP contribution is -2.51. The van der Waals surface area contributed by atoms with Crippen molar-refractivity contribution < 1.29 is 14.3 Å². The van der Waals surface area contributed by atoms with Gasteiger partial charge in [-0.2, -0.15) is 5.21 Å². The van der Waals surface area contributed by atoms with Gasteiger partial charge in [-0.15, -0.1) is 10.2 Å². The zero-order chi connectivity index (χ0) is 16.2. The van der Waals surface area contributed by atoms with Crippen LogP contribution < -0.4 is 0 Å². The molecule has 122 valence electrons. The van der Waals surface area contributed by atoms with E-state index in [0.717, 1.165) is 6.42 Å². The van der Waals surface area contributed by atoms with Crippen LogP contribution in [0.3, 0.4) is 0 Å². The van der Waals surface area contributed by atoms with Crippen LogP contribution in [0.1, 0.15) is 52.3 Å². The van der Waals surface area contributed by atoms with Crippen molar-refractivity contribution in [2.75, 3.05) is 13.2 Å². The summed E-state index contributed by atoms with van der Waals surface area (Å²) in [6.45, 7) is 6.48. The summed E-state index contributed by atoms with van der Waals surface area (Å²) in [5.41, 5.74) is -0.845. The highest BCUT2D eigenvalue weighted by atomic mass is 16.5. The number of rotatable bonds is 6. The molecule has 0 aromatic carbocycles. The summed E-state index contributed by atoms with van der Waals surface area (Å²) >= 11 is 0. The highest BCUT2D eigenvalue weighted by Crippen LogP contribution is 2.34. The standard InChI is InChI=1S/C14H23N5O3/c1-4-14(5-2,12-15-17-18-16-12)13(21)19-9-7-8-10(19)11(20)22-6-3/h10H,4-9H2,1-3H3,(H,15,16,17,18)/t10-/m1/s1. The largest absolute Gasteiger partial charge is 0.464 e. The number of nitrogens with zero attached hydrogens (tertiary/aromatic N) is 4. The Balaban J connectivity index is 2.29. The smallest absolute Gasteiger partial charge is 0.328 e. The monoisotopic (exact) mass is 309 g/mol. The Morgan fingerprint density at radius 2 is 2.09 bits per heavy atom. The lowest BCUT2D eigenvalue weighted by molar-refractivity contribution is -0.155. The first kappa shape index (κ1) is 16.4. The molecular weight excluding hydrogens is 286 g/mol. The molecule has 1 fully saturated rings. The van der Waals surface area contributed by atoms with Crippen LogP contribution in [-0.2, 0) is 19.7 Å². The Labute approximate surface area is 129 Å². The van der Waals surface area contributed by atoms with Crippen molar-refractivity contribution in [1.29, 1.82) is 0 Å². The Kier molecular flexibility index (Phi) is 5.10. The predicted octanol–water partition coefficient (Wildman–Crippen LogP) is 0.812. The molecule has 0 aliphatic carbocycles. The second kappa shape index (κ2) is 6.85. The molecule has 1 amide bonds. The van der Waals surface area contributed by atoms with E-state index in [-0.39, 0.29) is 11.9 Å². The van der Waals surface area contributed by atoms with Gasteiger partial charge in [0.05, 0.1) is 6.61 Å². The van der Waals surface area contributed by atoms with Gasteiger partial charge < -0.3 is 9.64 Å². The molecule has 0 spiro atoms. The zero-order valence-corrected chi connectivity index (χ0v) is 13.3. The number of esters is 1. The van der Waals surface area contributed by atoms with Crippen molar-refractivity contribution in [3.63, 3.8) is 0 Å². The molecule has 1 N–H and O–H groups in total. The molecule has 1 aromatic heterocycles. The Hall–Kier alpha value is -1.99. The molecular formula is C14H23N5O3. The summed E-state index contributed by atoms with van der Waals surface area (Å²) in [5, 5.41) is 14.0. The van der Waals surface area contributed by atoms with Gasteiger partial charge in [0.2, 0.25) is 5.91 Å². The quantitative estimate of drug-likeness (QED) is 0.780. The third-order valence-electron chi connectivity index (χ3n) is 4.46. The molecule has 2 heterocycles. The number of nitrogens with one attached hydrogen (secondary N) is 1. The molecule has 1 aliphatic heterocycles. The summed E-state index contributed by atoms with van der Waals surface area (Å²) in [6.07, 6.45) is 2.53. The summed E-state index contributed by atoms with van der Waals surface area (Å²) in [5.74, 6) is -0.0611. The van der Waals surface area contributed by atoms with E-state index in [4.69, 9.17) is 4.74 Å². The van der Waals surface area contributed by atoms with Crippen LogP contribution in [0.4, 0.5) is 0 Å². The first-order valence-electron chi connectivity index (χ1n) is 7.82. The minimum absolute atomic E-state index is 0.116. The first-order chi connectivity index (χ1) is 10.6. The van der Waals surface area contributed by atoms with Gasteiger partial charge in [-0.25, -0.2) is 4.79 Å². The molecule has 0 radical (unpaired) electrons. The number of hydrogen-bond donors (Lipinski definition) is 1. The van der Waals surface area contributed by atoms with Gasteiger partial charge in [-0.3, -0.25) is 4.79 Å². The van der Waals surface area contributed by atoms with E-state index >= 15 is 0 Å². The summed E-state index contributed by atoms with van der Waals surface area (Å²) < 4.78 is 5.09. The highest BCUT2D eigenvalue weighted by Gasteiger charge is 2.47. The van der Waals surface area contributed by atoms with Gasteiger partial charge in [0, 0.05) is 6.54 Å². The maximum atomic E-state index is 13.1. The van der Waals surface area contributed by atoms with E-state index in [1.165, 1.54) is 0 Å². The summed E-state index contributed by atoms with van der Waals surface area (Å²) in [4.78, 5) is 26.9. The van der Waals surface area contributed by atoms with E-state index in [1.807, 2.05) is 13.8 Å².